The summed E-state index contributed by atoms with van der Waals surface area (Å²) in [5.41, 5.74) is 7.25. The Morgan fingerprint density at radius 2 is 2.00 bits per heavy atom. The molecule has 1 aliphatic carbocycles. The Morgan fingerprint density at radius 3 is 2.53 bits per heavy atom. The van der Waals surface area contributed by atoms with Gasteiger partial charge in [-0.25, -0.2) is 0 Å². The van der Waals surface area contributed by atoms with Crippen molar-refractivity contribution in [1.29, 1.82) is 0 Å². The van der Waals surface area contributed by atoms with Crippen molar-refractivity contribution < 1.29 is 20.1 Å². The molecule has 104 valence electrons. The van der Waals surface area contributed by atoms with Gasteiger partial charge in [0.15, 0.2) is 0 Å². The molecule has 1 fully saturated rings. The third-order valence-corrected chi connectivity index (χ3v) is 3.99. The Hall–Kier alpha value is -1.79. The number of nitrogens with one attached hydrogen (secondary N) is 1. The van der Waals surface area contributed by atoms with Crippen LogP contribution in [0.25, 0.3) is 0 Å². The van der Waals surface area contributed by atoms with Crippen LogP contribution >= 0.6 is 0 Å². The minimum atomic E-state index is -0.940. The normalized spacial score (nSPS) is 29.8. The number of carboxylic acids is 1. The van der Waals surface area contributed by atoms with Crippen LogP contribution in [0, 0.1) is 12.8 Å². The summed E-state index contributed by atoms with van der Waals surface area (Å²) >= 11 is 0. The summed E-state index contributed by atoms with van der Waals surface area (Å²) in [6.45, 7) is 1.72. The quantitative estimate of drug-likeness (QED) is 0.530. The van der Waals surface area contributed by atoms with Crippen molar-refractivity contribution >= 4 is 5.97 Å². The highest BCUT2D eigenvalue weighted by Gasteiger charge is 2.53. The van der Waals surface area contributed by atoms with E-state index in [0.717, 1.165) is 0 Å². The van der Waals surface area contributed by atoms with Crippen molar-refractivity contribution in [2.75, 3.05) is 7.05 Å². The molecule has 6 N–H and O–H groups in total. The van der Waals surface area contributed by atoms with Gasteiger partial charge < -0.3 is 26.4 Å². The van der Waals surface area contributed by atoms with Gasteiger partial charge >= 0.3 is 5.97 Å². The van der Waals surface area contributed by atoms with E-state index in [2.05, 4.69) is 5.32 Å². The number of carboxylic acid groups (broad SMARTS) is 1. The van der Waals surface area contributed by atoms with Gasteiger partial charge in [0.1, 0.15) is 11.5 Å². The molecule has 19 heavy (non-hydrogen) atoms. The van der Waals surface area contributed by atoms with Crippen molar-refractivity contribution in [3.8, 4) is 11.5 Å². The van der Waals surface area contributed by atoms with Gasteiger partial charge in [-0.15, -0.1) is 0 Å². The number of phenolic OH excluding ortho intramolecular Hbond substituents is 2. The first-order chi connectivity index (χ1) is 8.88. The van der Waals surface area contributed by atoms with E-state index in [9.17, 15) is 15.0 Å². The summed E-state index contributed by atoms with van der Waals surface area (Å²) < 4.78 is 0. The first-order valence-corrected chi connectivity index (χ1v) is 6.06. The van der Waals surface area contributed by atoms with E-state index in [-0.39, 0.29) is 23.5 Å². The Morgan fingerprint density at radius 1 is 1.37 bits per heavy atom. The van der Waals surface area contributed by atoms with Crippen LogP contribution in [0.1, 0.15) is 17.0 Å². The molecule has 0 aliphatic heterocycles. The lowest BCUT2D eigenvalue weighted by atomic mass is 9.62. The minimum absolute atomic E-state index is 0.0178. The zero-order chi connectivity index (χ0) is 14.3. The van der Waals surface area contributed by atoms with Crippen LogP contribution in [0.4, 0.5) is 0 Å². The zero-order valence-electron chi connectivity index (χ0n) is 10.8. The van der Waals surface area contributed by atoms with E-state index in [4.69, 9.17) is 10.8 Å². The molecular weight excluding hydrogens is 248 g/mol. The van der Waals surface area contributed by atoms with E-state index in [0.29, 0.717) is 11.1 Å². The smallest absolute Gasteiger partial charge is 0.309 e. The van der Waals surface area contributed by atoms with Crippen LogP contribution in [0.5, 0.6) is 11.5 Å². The molecular formula is C13H18N2O4. The summed E-state index contributed by atoms with van der Waals surface area (Å²) in [6.07, 6.45) is 0. The zero-order valence-corrected chi connectivity index (χ0v) is 10.8. The highest BCUT2D eigenvalue weighted by molar-refractivity contribution is 5.75. The fourth-order valence-electron chi connectivity index (χ4n) is 2.91. The molecule has 1 aromatic rings. The number of rotatable bonds is 3. The maximum absolute atomic E-state index is 11.1. The molecule has 4 unspecified atom stereocenters. The van der Waals surface area contributed by atoms with E-state index in [1.807, 2.05) is 0 Å². The highest BCUT2D eigenvalue weighted by atomic mass is 16.4. The Balaban J connectivity index is 2.40. The van der Waals surface area contributed by atoms with Crippen molar-refractivity contribution in [3.63, 3.8) is 0 Å². The average molecular weight is 266 g/mol. The molecule has 1 saturated carbocycles. The molecule has 0 heterocycles. The van der Waals surface area contributed by atoms with Gasteiger partial charge in [0.25, 0.3) is 0 Å². The average Bonchev–Trinajstić information content (AvgIpc) is 2.31. The topological polar surface area (TPSA) is 116 Å². The first-order valence-electron chi connectivity index (χ1n) is 6.06. The number of benzene rings is 1. The monoisotopic (exact) mass is 266 g/mol. The SMILES string of the molecule is CNC1C(C(=O)O)C(N)C1c1cc(O)cc(O)c1C. The van der Waals surface area contributed by atoms with Gasteiger partial charge in [0.2, 0.25) is 0 Å². The number of hydrogen-bond acceptors (Lipinski definition) is 5. The molecule has 0 aromatic heterocycles. The third kappa shape index (κ3) is 2.02. The van der Waals surface area contributed by atoms with Crippen molar-refractivity contribution in [2.45, 2.75) is 24.9 Å². The first kappa shape index (κ1) is 13.6. The third-order valence-electron chi connectivity index (χ3n) is 3.99. The Bertz CT molecular complexity index is 518. The van der Waals surface area contributed by atoms with Crippen molar-refractivity contribution in [1.82, 2.24) is 5.32 Å². The number of hydrogen-bond donors (Lipinski definition) is 5. The van der Waals surface area contributed by atoms with Crippen LogP contribution in [0.15, 0.2) is 12.1 Å². The number of likely N-dealkylation sites (N-methyl/N-ethyl adjacent to an activating group) is 1. The van der Waals surface area contributed by atoms with Gasteiger partial charge in [-0.2, -0.15) is 0 Å². The largest absolute Gasteiger partial charge is 0.508 e. The van der Waals surface area contributed by atoms with Gasteiger partial charge in [-0.05, 0) is 31.2 Å². The Kier molecular flexibility index (Phi) is 3.38. The van der Waals surface area contributed by atoms with Gasteiger partial charge in [0.05, 0.1) is 5.92 Å². The molecule has 6 heteroatoms. The van der Waals surface area contributed by atoms with E-state index < -0.39 is 17.9 Å². The minimum Gasteiger partial charge on any atom is -0.508 e. The fourth-order valence-corrected chi connectivity index (χ4v) is 2.91. The maximum atomic E-state index is 11.1. The van der Waals surface area contributed by atoms with Crippen LogP contribution < -0.4 is 11.1 Å². The van der Waals surface area contributed by atoms with Crippen molar-refractivity contribution in [3.05, 3.63) is 23.3 Å². The van der Waals surface area contributed by atoms with Gasteiger partial charge in [-0.1, -0.05) is 0 Å². The van der Waals surface area contributed by atoms with E-state index in [1.165, 1.54) is 12.1 Å². The molecule has 0 bridgehead atoms. The molecule has 1 aromatic carbocycles. The predicted octanol–water partition coefficient (Wildman–Crippen LogP) is 0.120. The number of phenols is 2. The lowest BCUT2D eigenvalue weighted by molar-refractivity contribution is -0.148. The Labute approximate surface area is 110 Å². The second-order valence-electron chi connectivity index (χ2n) is 4.96. The van der Waals surface area contributed by atoms with Gasteiger partial charge in [-0.3, -0.25) is 4.79 Å². The molecule has 0 radical (unpaired) electrons. The lowest BCUT2D eigenvalue weighted by Crippen LogP contribution is -2.65. The van der Waals surface area contributed by atoms with E-state index >= 15 is 0 Å². The van der Waals surface area contributed by atoms with Crippen molar-refractivity contribution in [2.24, 2.45) is 11.7 Å². The lowest BCUT2D eigenvalue weighted by Gasteiger charge is -2.48. The highest BCUT2D eigenvalue weighted by Crippen LogP contribution is 2.44. The second kappa shape index (κ2) is 4.71. The molecule has 6 nitrogen and oxygen atoms in total. The standard InChI is InChI=1S/C13H18N2O4/c1-5-7(3-6(16)4-8(5)17)9-11(14)10(13(18)19)12(9)15-2/h3-4,9-12,15-17H,14H2,1-2H3,(H,18,19). The van der Waals surface area contributed by atoms with Crippen LogP contribution in [0.2, 0.25) is 0 Å². The number of nitrogens with two attached hydrogens (primary N) is 1. The molecule has 1 aliphatic rings. The van der Waals surface area contributed by atoms with E-state index in [1.54, 1.807) is 14.0 Å². The summed E-state index contributed by atoms with van der Waals surface area (Å²) in [7, 11) is 1.68. The van der Waals surface area contributed by atoms with Crippen LogP contribution in [0.3, 0.4) is 0 Å². The fraction of sp³-hybridized carbons (Fsp3) is 0.462. The number of aromatic hydroxyl groups is 2. The molecule has 4 atom stereocenters. The summed E-state index contributed by atoms with van der Waals surface area (Å²) in [5.74, 6) is -1.93. The summed E-state index contributed by atoms with van der Waals surface area (Å²) in [5, 5.41) is 31.4. The molecule has 0 saturated heterocycles. The van der Waals surface area contributed by atoms with Crippen LogP contribution in [-0.4, -0.2) is 40.4 Å². The summed E-state index contributed by atoms with van der Waals surface area (Å²) in [4.78, 5) is 11.1. The number of carbonyl (C=O) groups is 1. The predicted molar refractivity (Wildman–Crippen MR) is 69.2 cm³/mol. The van der Waals surface area contributed by atoms with Gasteiger partial charge in [0, 0.05) is 24.1 Å². The maximum Gasteiger partial charge on any atom is 0.309 e. The number of aliphatic carboxylic acids is 1. The molecule has 2 rings (SSSR count). The summed E-state index contributed by atoms with van der Waals surface area (Å²) in [6, 6.07) is 1.93. The van der Waals surface area contributed by atoms with Crippen LogP contribution in [-0.2, 0) is 4.79 Å². The second-order valence-corrected chi connectivity index (χ2v) is 4.96. The molecule has 0 amide bonds. The molecule has 0 spiro atoms.